The Bertz CT molecular complexity index is 792. The van der Waals surface area contributed by atoms with Gasteiger partial charge in [0.15, 0.2) is 5.60 Å². The Balaban J connectivity index is 1.95. The maximum atomic E-state index is 14.2. The van der Waals surface area contributed by atoms with E-state index in [1.54, 1.807) is 7.11 Å². The van der Waals surface area contributed by atoms with Crippen LogP contribution in [0.2, 0.25) is 5.02 Å². The zero-order valence-electron chi connectivity index (χ0n) is 13.9. The lowest BCUT2D eigenvalue weighted by Gasteiger charge is -2.39. The highest BCUT2D eigenvalue weighted by Crippen LogP contribution is 2.60. The van der Waals surface area contributed by atoms with E-state index in [0.717, 1.165) is 24.0 Å². The van der Waals surface area contributed by atoms with Crippen LogP contribution in [0.4, 0.5) is 4.39 Å². The zero-order chi connectivity index (χ0) is 17.6. The van der Waals surface area contributed by atoms with Gasteiger partial charge < -0.3 is 9.47 Å². The van der Waals surface area contributed by atoms with Gasteiger partial charge in [-0.3, -0.25) is 0 Å². The molecule has 0 N–H and O–H groups in total. The molecule has 2 atom stereocenters. The van der Waals surface area contributed by atoms with Crippen molar-refractivity contribution in [2.45, 2.75) is 37.4 Å². The van der Waals surface area contributed by atoms with Crippen LogP contribution >= 0.6 is 27.5 Å². The molecule has 1 fully saturated rings. The summed E-state index contributed by atoms with van der Waals surface area (Å²) in [6.07, 6.45) is 4.13. The first-order valence-corrected chi connectivity index (χ1v) is 9.71. The third kappa shape index (κ3) is 2.53. The van der Waals surface area contributed by atoms with Gasteiger partial charge in [0.25, 0.3) is 0 Å². The number of methoxy groups -OCH3 is 1. The summed E-state index contributed by atoms with van der Waals surface area (Å²) in [5, 5.41) is 0.0692. The first-order valence-electron chi connectivity index (χ1n) is 8.54. The van der Waals surface area contributed by atoms with Gasteiger partial charge in [0.05, 0.1) is 5.02 Å². The monoisotopic (exact) mass is 424 g/mol. The number of ether oxygens (including phenoxy) is 2. The van der Waals surface area contributed by atoms with Gasteiger partial charge in [-0.05, 0) is 34.3 Å². The maximum absolute atomic E-state index is 14.2. The molecule has 2 aromatic rings. The second-order valence-electron chi connectivity index (χ2n) is 6.76. The summed E-state index contributed by atoms with van der Waals surface area (Å²) < 4.78 is 27.2. The number of rotatable bonds is 3. The van der Waals surface area contributed by atoms with Crippen molar-refractivity contribution in [3.8, 4) is 5.75 Å². The molecule has 5 heteroatoms. The van der Waals surface area contributed by atoms with E-state index >= 15 is 0 Å². The summed E-state index contributed by atoms with van der Waals surface area (Å²) >= 11 is 9.61. The van der Waals surface area contributed by atoms with E-state index in [-0.39, 0.29) is 11.1 Å². The van der Waals surface area contributed by atoms with Gasteiger partial charge in [-0.15, -0.1) is 0 Å². The quantitative estimate of drug-likeness (QED) is 0.529. The molecule has 0 unspecified atom stereocenters. The number of hydrogen-bond donors (Lipinski definition) is 0. The SMILES string of the molecule is CO[C@H]1c2c(cc(F)c(Cl)c2Br)O[C@@]1(c1ccccc1)C1CCCC1. The Morgan fingerprint density at radius 3 is 2.56 bits per heavy atom. The van der Waals surface area contributed by atoms with E-state index < -0.39 is 11.4 Å². The van der Waals surface area contributed by atoms with Crippen LogP contribution in [0.15, 0.2) is 40.9 Å². The molecule has 0 amide bonds. The molecule has 4 rings (SSSR count). The van der Waals surface area contributed by atoms with Crippen LogP contribution in [-0.4, -0.2) is 7.11 Å². The molecule has 25 heavy (non-hydrogen) atoms. The Kier molecular flexibility index (Phi) is 4.55. The van der Waals surface area contributed by atoms with Crippen molar-refractivity contribution >= 4 is 27.5 Å². The van der Waals surface area contributed by atoms with E-state index in [1.165, 1.54) is 18.9 Å². The van der Waals surface area contributed by atoms with Crippen LogP contribution in [0.5, 0.6) is 5.75 Å². The first-order chi connectivity index (χ1) is 12.1. The molecular formula is C20H19BrClFO2. The van der Waals surface area contributed by atoms with Gasteiger partial charge in [-0.25, -0.2) is 4.39 Å². The van der Waals surface area contributed by atoms with E-state index in [9.17, 15) is 4.39 Å². The van der Waals surface area contributed by atoms with Gasteiger partial charge >= 0.3 is 0 Å². The fourth-order valence-electron chi connectivity index (χ4n) is 4.46. The first kappa shape index (κ1) is 17.3. The fourth-order valence-corrected chi connectivity index (χ4v) is 5.20. The van der Waals surface area contributed by atoms with Gasteiger partial charge in [-0.1, -0.05) is 54.8 Å². The number of halogens is 3. The van der Waals surface area contributed by atoms with Gasteiger partial charge in [-0.2, -0.15) is 0 Å². The lowest BCUT2D eigenvalue weighted by atomic mass is 9.75. The predicted molar refractivity (Wildman–Crippen MR) is 99.6 cm³/mol. The molecule has 2 nitrogen and oxygen atoms in total. The van der Waals surface area contributed by atoms with Crippen LogP contribution in [0.3, 0.4) is 0 Å². The van der Waals surface area contributed by atoms with Crippen LogP contribution in [0, 0.1) is 11.7 Å². The second-order valence-corrected chi connectivity index (χ2v) is 7.93. The Morgan fingerprint density at radius 1 is 1.24 bits per heavy atom. The van der Waals surface area contributed by atoms with Crippen molar-refractivity contribution in [3.05, 3.63) is 62.8 Å². The molecule has 1 aliphatic heterocycles. The molecule has 0 saturated heterocycles. The summed E-state index contributed by atoms with van der Waals surface area (Å²) in [4.78, 5) is 0. The lowest BCUT2D eigenvalue weighted by Crippen LogP contribution is -2.42. The zero-order valence-corrected chi connectivity index (χ0v) is 16.2. The molecule has 1 heterocycles. The highest BCUT2D eigenvalue weighted by Gasteiger charge is 2.56. The Labute approximate surface area is 160 Å². The minimum Gasteiger partial charge on any atom is -0.479 e. The van der Waals surface area contributed by atoms with E-state index in [1.807, 2.05) is 18.2 Å². The van der Waals surface area contributed by atoms with Gasteiger partial charge in [0.2, 0.25) is 0 Å². The van der Waals surface area contributed by atoms with Crippen LogP contribution in [-0.2, 0) is 10.3 Å². The summed E-state index contributed by atoms with van der Waals surface area (Å²) in [6, 6.07) is 11.5. The molecule has 0 radical (unpaired) electrons. The van der Waals surface area contributed by atoms with Crippen molar-refractivity contribution in [2.75, 3.05) is 7.11 Å². The largest absolute Gasteiger partial charge is 0.479 e. The Morgan fingerprint density at radius 2 is 1.92 bits per heavy atom. The number of hydrogen-bond acceptors (Lipinski definition) is 2. The highest BCUT2D eigenvalue weighted by molar-refractivity contribution is 9.10. The molecule has 2 aromatic carbocycles. The van der Waals surface area contributed by atoms with Crippen molar-refractivity contribution in [1.29, 1.82) is 0 Å². The van der Waals surface area contributed by atoms with Gasteiger partial charge in [0.1, 0.15) is 17.7 Å². The Hall–Kier alpha value is -1.10. The molecule has 1 aliphatic carbocycles. The van der Waals surface area contributed by atoms with Crippen LogP contribution < -0.4 is 4.74 Å². The minimum absolute atomic E-state index is 0.0692. The molecule has 1 saturated carbocycles. The average Bonchev–Trinajstić information content (AvgIpc) is 3.27. The fraction of sp³-hybridized carbons (Fsp3) is 0.400. The van der Waals surface area contributed by atoms with E-state index in [2.05, 4.69) is 28.1 Å². The van der Waals surface area contributed by atoms with Crippen molar-refractivity contribution < 1.29 is 13.9 Å². The minimum atomic E-state index is -0.658. The summed E-state index contributed by atoms with van der Waals surface area (Å²) in [6.45, 7) is 0. The maximum Gasteiger partial charge on any atom is 0.167 e. The lowest BCUT2D eigenvalue weighted by molar-refractivity contribution is -0.0939. The topological polar surface area (TPSA) is 18.5 Å². The summed E-state index contributed by atoms with van der Waals surface area (Å²) in [5.74, 6) is 0.329. The van der Waals surface area contributed by atoms with Gasteiger partial charge in [0, 0.05) is 29.1 Å². The third-order valence-electron chi connectivity index (χ3n) is 5.52. The molecule has 132 valence electrons. The van der Waals surface area contributed by atoms with Crippen molar-refractivity contribution in [3.63, 3.8) is 0 Å². The highest BCUT2D eigenvalue weighted by atomic mass is 79.9. The van der Waals surface area contributed by atoms with Crippen molar-refractivity contribution in [1.82, 2.24) is 0 Å². The van der Waals surface area contributed by atoms with Crippen LogP contribution in [0.1, 0.15) is 42.9 Å². The molecule has 0 spiro atoms. The third-order valence-corrected chi connectivity index (χ3v) is 6.94. The summed E-state index contributed by atoms with van der Waals surface area (Å²) in [7, 11) is 1.68. The van der Waals surface area contributed by atoms with Crippen LogP contribution in [0.25, 0.3) is 0 Å². The standard InChI is InChI=1S/C20H19BrClFO2/c1-24-19-16-15(11-14(23)18(22)17(16)21)25-20(19,13-9-5-6-10-13)12-7-3-2-4-8-12/h2-4,7-8,11,13,19H,5-6,9-10H2,1H3/t19-,20-/m0/s1. The van der Waals surface area contributed by atoms with E-state index in [0.29, 0.717) is 16.1 Å². The number of fused-ring (bicyclic) bond motifs is 1. The second kappa shape index (κ2) is 6.57. The molecule has 0 bridgehead atoms. The molecule has 0 aromatic heterocycles. The average molecular weight is 426 g/mol. The smallest absolute Gasteiger partial charge is 0.167 e. The normalized spacial score (nSPS) is 25.8. The van der Waals surface area contributed by atoms with E-state index in [4.69, 9.17) is 21.1 Å². The number of benzene rings is 2. The molecule has 2 aliphatic rings. The molecular weight excluding hydrogens is 407 g/mol. The predicted octanol–water partition coefficient (Wildman–Crippen LogP) is 6.41. The summed E-state index contributed by atoms with van der Waals surface area (Å²) in [5.41, 5.74) is 1.20. The van der Waals surface area contributed by atoms with Crippen molar-refractivity contribution in [2.24, 2.45) is 5.92 Å².